The van der Waals surface area contributed by atoms with Gasteiger partial charge in [0, 0.05) is 30.8 Å². The molecule has 0 saturated carbocycles. The highest BCUT2D eigenvalue weighted by Gasteiger charge is 2.34. The molecule has 0 aliphatic carbocycles. The Morgan fingerprint density at radius 2 is 1.14 bits per heavy atom. The van der Waals surface area contributed by atoms with Crippen LogP contribution in [0.15, 0.2) is 24.3 Å². The number of nitrogens with zero attached hydrogens (tertiary/aromatic N) is 2. The number of carbonyl (C=O) groups excluding carboxylic acids is 2. The second kappa shape index (κ2) is 11.7. The Morgan fingerprint density at radius 3 is 1.50 bits per heavy atom. The van der Waals surface area contributed by atoms with Crippen molar-refractivity contribution in [2.45, 2.75) is 6.04 Å². The minimum Gasteiger partial charge on any atom is -0.493 e. The summed E-state index contributed by atoms with van der Waals surface area (Å²) in [6.07, 6.45) is 0. The van der Waals surface area contributed by atoms with E-state index in [-0.39, 0.29) is 38.1 Å². The summed E-state index contributed by atoms with van der Waals surface area (Å²) >= 11 is 0. The highest BCUT2D eigenvalue weighted by atomic mass is 16.5. The zero-order valence-electron chi connectivity index (χ0n) is 21.3. The summed E-state index contributed by atoms with van der Waals surface area (Å²) < 4.78 is 32.1. The predicted molar refractivity (Wildman–Crippen MR) is 130 cm³/mol. The zero-order valence-corrected chi connectivity index (χ0v) is 21.3. The van der Waals surface area contributed by atoms with Crippen LogP contribution in [0, 0.1) is 0 Å². The first-order valence-electron chi connectivity index (χ1n) is 11.2. The molecule has 0 radical (unpaired) electrons. The number of piperazine rings is 1. The molecule has 1 aliphatic heterocycles. The zero-order chi connectivity index (χ0) is 26.4. The van der Waals surface area contributed by atoms with E-state index in [2.05, 4.69) is 0 Å². The van der Waals surface area contributed by atoms with Gasteiger partial charge in [-0.15, -0.1) is 0 Å². The van der Waals surface area contributed by atoms with Crippen LogP contribution >= 0.6 is 0 Å². The molecule has 0 aromatic heterocycles. The normalized spacial score (nSPS) is 15.2. The van der Waals surface area contributed by atoms with E-state index in [0.29, 0.717) is 45.6 Å². The summed E-state index contributed by atoms with van der Waals surface area (Å²) in [7, 11) is 8.85. The lowest BCUT2D eigenvalue weighted by Crippen LogP contribution is -2.57. The van der Waals surface area contributed by atoms with Crippen LogP contribution in [-0.2, 0) is 0 Å². The molecule has 11 nitrogen and oxygen atoms in total. The van der Waals surface area contributed by atoms with Crippen LogP contribution in [0.25, 0.3) is 0 Å². The van der Waals surface area contributed by atoms with Crippen LogP contribution in [0.5, 0.6) is 34.5 Å². The summed E-state index contributed by atoms with van der Waals surface area (Å²) in [6.45, 7) is 0.302. The summed E-state index contributed by atoms with van der Waals surface area (Å²) in [4.78, 5) is 29.8. The quantitative estimate of drug-likeness (QED) is 0.545. The average molecular weight is 505 g/mol. The van der Waals surface area contributed by atoms with E-state index < -0.39 is 6.04 Å². The van der Waals surface area contributed by atoms with Gasteiger partial charge in [0.15, 0.2) is 23.0 Å². The maximum Gasteiger partial charge on any atom is 0.254 e. The predicted octanol–water partition coefficient (Wildman–Crippen LogP) is 1.70. The van der Waals surface area contributed by atoms with Gasteiger partial charge in [0.05, 0.1) is 55.3 Å². The Morgan fingerprint density at radius 1 is 0.722 bits per heavy atom. The molecule has 2 amide bonds. The maximum atomic E-state index is 13.4. The number of carbonyl (C=O) groups is 2. The van der Waals surface area contributed by atoms with Gasteiger partial charge in [-0.3, -0.25) is 9.59 Å². The lowest BCUT2D eigenvalue weighted by atomic mass is 10.1. The number of methoxy groups -OCH3 is 6. The van der Waals surface area contributed by atoms with Gasteiger partial charge in [-0.05, 0) is 24.3 Å². The third-order valence-corrected chi connectivity index (χ3v) is 6.06. The second-order valence-corrected chi connectivity index (χ2v) is 7.91. The Labute approximate surface area is 210 Å². The number of amides is 2. The van der Waals surface area contributed by atoms with E-state index in [1.165, 1.54) is 42.7 Å². The molecule has 2 aromatic rings. The van der Waals surface area contributed by atoms with Crippen LogP contribution < -0.4 is 28.4 Å². The van der Waals surface area contributed by atoms with Crippen molar-refractivity contribution in [2.75, 3.05) is 68.9 Å². The molecule has 3 rings (SSSR count). The molecular formula is C25H32N2O9. The fourth-order valence-electron chi connectivity index (χ4n) is 4.22. The van der Waals surface area contributed by atoms with Crippen LogP contribution in [0.1, 0.15) is 20.7 Å². The monoisotopic (exact) mass is 504 g/mol. The molecule has 196 valence electrons. The highest BCUT2D eigenvalue weighted by molar-refractivity contribution is 5.97. The van der Waals surface area contributed by atoms with Gasteiger partial charge in [-0.1, -0.05) is 0 Å². The minimum absolute atomic E-state index is 0.141. The van der Waals surface area contributed by atoms with E-state index in [1.807, 2.05) is 0 Å². The molecule has 1 saturated heterocycles. The van der Waals surface area contributed by atoms with Gasteiger partial charge in [0.2, 0.25) is 11.5 Å². The van der Waals surface area contributed by atoms with Gasteiger partial charge in [-0.2, -0.15) is 0 Å². The topological polar surface area (TPSA) is 116 Å². The smallest absolute Gasteiger partial charge is 0.254 e. The third-order valence-electron chi connectivity index (χ3n) is 6.06. The first kappa shape index (κ1) is 26.7. The summed E-state index contributed by atoms with van der Waals surface area (Å²) in [5, 5.41) is 10.1. The Balaban J connectivity index is 1.84. The Hall–Kier alpha value is -3.86. The first-order valence-corrected chi connectivity index (χ1v) is 11.2. The fraction of sp³-hybridized carbons (Fsp3) is 0.440. The van der Waals surface area contributed by atoms with E-state index in [0.717, 1.165) is 0 Å². The van der Waals surface area contributed by atoms with Gasteiger partial charge < -0.3 is 43.3 Å². The summed E-state index contributed by atoms with van der Waals surface area (Å²) in [5.74, 6) is 1.54. The van der Waals surface area contributed by atoms with E-state index >= 15 is 0 Å². The SMILES string of the molecule is COc1cc(C(=O)N2CCN(C(=O)c3cc(OC)c(OC)c(OC)c3)C(CO)C2)cc(OC)c1OC. The lowest BCUT2D eigenvalue weighted by molar-refractivity contribution is 0.0267. The average Bonchev–Trinajstić information content (AvgIpc) is 2.93. The van der Waals surface area contributed by atoms with Gasteiger partial charge >= 0.3 is 0 Å². The summed E-state index contributed by atoms with van der Waals surface area (Å²) in [5.41, 5.74) is 0.651. The molecule has 1 aliphatic rings. The number of benzene rings is 2. The lowest BCUT2D eigenvalue weighted by Gasteiger charge is -2.40. The van der Waals surface area contributed by atoms with Crippen molar-refractivity contribution in [1.29, 1.82) is 0 Å². The highest BCUT2D eigenvalue weighted by Crippen LogP contribution is 2.40. The Bertz CT molecular complexity index is 1050. The molecule has 1 atom stereocenters. The van der Waals surface area contributed by atoms with Crippen molar-refractivity contribution >= 4 is 11.8 Å². The number of aliphatic hydroxyl groups is 1. The first-order chi connectivity index (χ1) is 17.4. The standard InChI is InChI=1S/C25H32N2O9/c1-31-18-9-15(10-19(32-2)22(18)35-5)24(29)26-7-8-27(17(13-26)14-28)25(30)16-11-20(33-3)23(36-6)21(12-16)34-4/h9-12,17,28H,7-8,13-14H2,1-6H3. The van der Waals surface area contributed by atoms with Gasteiger partial charge in [0.25, 0.3) is 11.8 Å². The molecule has 1 heterocycles. The van der Waals surface area contributed by atoms with Crippen molar-refractivity contribution in [3.05, 3.63) is 35.4 Å². The minimum atomic E-state index is -0.615. The van der Waals surface area contributed by atoms with Crippen molar-refractivity contribution in [3.8, 4) is 34.5 Å². The van der Waals surface area contributed by atoms with Gasteiger partial charge in [-0.25, -0.2) is 0 Å². The Kier molecular flexibility index (Phi) is 8.70. The van der Waals surface area contributed by atoms with E-state index in [9.17, 15) is 14.7 Å². The van der Waals surface area contributed by atoms with E-state index in [1.54, 1.807) is 34.1 Å². The maximum absolute atomic E-state index is 13.4. The van der Waals surface area contributed by atoms with Crippen molar-refractivity contribution < 1.29 is 43.1 Å². The largest absolute Gasteiger partial charge is 0.493 e. The van der Waals surface area contributed by atoms with Crippen LogP contribution in [0.2, 0.25) is 0 Å². The molecular weight excluding hydrogens is 472 g/mol. The van der Waals surface area contributed by atoms with Crippen molar-refractivity contribution in [3.63, 3.8) is 0 Å². The van der Waals surface area contributed by atoms with Gasteiger partial charge in [0.1, 0.15) is 0 Å². The van der Waals surface area contributed by atoms with Crippen molar-refractivity contribution in [2.24, 2.45) is 0 Å². The summed E-state index contributed by atoms with van der Waals surface area (Å²) in [6, 6.07) is 5.66. The molecule has 2 aromatic carbocycles. The van der Waals surface area contributed by atoms with E-state index in [4.69, 9.17) is 28.4 Å². The molecule has 1 fully saturated rings. The van der Waals surface area contributed by atoms with Crippen LogP contribution in [0.4, 0.5) is 0 Å². The number of hydrogen-bond acceptors (Lipinski definition) is 9. The molecule has 36 heavy (non-hydrogen) atoms. The molecule has 0 bridgehead atoms. The number of rotatable bonds is 9. The van der Waals surface area contributed by atoms with Crippen LogP contribution in [0.3, 0.4) is 0 Å². The second-order valence-electron chi connectivity index (χ2n) is 7.91. The molecule has 1 N–H and O–H groups in total. The van der Waals surface area contributed by atoms with Crippen LogP contribution in [-0.4, -0.2) is 102 Å². The van der Waals surface area contributed by atoms with Crippen molar-refractivity contribution in [1.82, 2.24) is 9.80 Å². The number of ether oxygens (including phenoxy) is 6. The molecule has 1 unspecified atom stereocenters. The fourth-order valence-corrected chi connectivity index (χ4v) is 4.22. The molecule has 11 heteroatoms. The number of hydrogen-bond donors (Lipinski definition) is 1. The third kappa shape index (κ3) is 5.06. The molecule has 0 spiro atoms. The number of aliphatic hydroxyl groups excluding tert-OH is 1.